The zero-order chi connectivity index (χ0) is 15.3. The van der Waals surface area contributed by atoms with Crippen LogP contribution in [0.5, 0.6) is 0 Å². The maximum atomic E-state index is 12.6. The van der Waals surface area contributed by atoms with Gasteiger partial charge in [0.15, 0.2) is 5.69 Å². The van der Waals surface area contributed by atoms with Crippen LogP contribution < -0.4 is 5.32 Å². The zero-order valence-corrected chi connectivity index (χ0v) is 12.5. The summed E-state index contributed by atoms with van der Waals surface area (Å²) in [7, 11) is 0. The summed E-state index contributed by atoms with van der Waals surface area (Å²) in [4.78, 5) is 6.98. The van der Waals surface area contributed by atoms with E-state index in [1.807, 2.05) is 0 Å². The molecule has 2 rings (SSSR count). The lowest BCUT2D eigenvalue weighted by atomic mass is 10.0. The van der Waals surface area contributed by atoms with Gasteiger partial charge in [-0.2, -0.15) is 13.2 Å². The van der Waals surface area contributed by atoms with Crippen molar-refractivity contribution in [2.45, 2.75) is 33.9 Å². The number of anilines is 1. The van der Waals surface area contributed by atoms with Gasteiger partial charge < -0.3 is 5.32 Å². The Kier molecular flexibility index (Phi) is 3.44. The van der Waals surface area contributed by atoms with E-state index < -0.39 is 17.2 Å². The summed E-state index contributed by atoms with van der Waals surface area (Å²) in [6, 6.07) is 0.883. The summed E-state index contributed by atoms with van der Waals surface area (Å²) >= 11 is 5.54. The first-order valence-electron chi connectivity index (χ1n) is 6.32. The molecule has 112 valence electrons. The summed E-state index contributed by atoms with van der Waals surface area (Å²) < 4.78 is 37.9. The minimum absolute atomic E-state index is 0.107. The third-order valence-corrected chi connectivity index (χ3v) is 4.97. The first-order chi connectivity index (χ1) is 8.96. The number of hydrogen-bond acceptors (Lipinski definition) is 3. The number of nitrogens with one attached hydrogen (secondary N) is 1. The third-order valence-electron chi connectivity index (χ3n) is 4.80. The van der Waals surface area contributed by atoms with Crippen molar-refractivity contribution in [2.24, 2.45) is 16.7 Å². The van der Waals surface area contributed by atoms with Gasteiger partial charge in [0.2, 0.25) is 5.28 Å². The first kappa shape index (κ1) is 15.4. The smallest absolute Gasteiger partial charge is 0.370 e. The standard InChI is InChI=1S/C13H17ClF3N3/c1-11(2)7(12(11,3)4)6-18-9-5-8(13(15,16)17)19-10(14)20-9/h5,7H,6H2,1-4H3,(H,18,19,20). The number of hydrogen-bond donors (Lipinski definition) is 1. The van der Waals surface area contributed by atoms with E-state index in [1.54, 1.807) is 0 Å². The molecule has 0 spiro atoms. The maximum absolute atomic E-state index is 12.6. The lowest BCUT2D eigenvalue weighted by Gasteiger charge is -2.10. The molecule has 20 heavy (non-hydrogen) atoms. The van der Waals surface area contributed by atoms with Crippen LogP contribution in [0.3, 0.4) is 0 Å². The Balaban J connectivity index is 2.10. The topological polar surface area (TPSA) is 37.8 Å². The van der Waals surface area contributed by atoms with Gasteiger partial charge in [0.05, 0.1) is 0 Å². The predicted octanol–water partition coefficient (Wildman–Crippen LogP) is 4.24. The third kappa shape index (κ3) is 2.57. The molecule has 1 aliphatic rings. The number of halogens is 4. The summed E-state index contributed by atoms with van der Waals surface area (Å²) in [5, 5.41) is 2.53. The van der Waals surface area contributed by atoms with Crippen molar-refractivity contribution < 1.29 is 13.2 Å². The average molecular weight is 308 g/mol. The van der Waals surface area contributed by atoms with Crippen LogP contribution in [0.2, 0.25) is 5.28 Å². The molecule has 0 unspecified atom stereocenters. The van der Waals surface area contributed by atoms with Crippen LogP contribution in [0, 0.1) is 16.7 Å². The molecule has 1 heterocycles. The van der Waals surface area contributed by atoms with Crippen LogP contribution in [-0.2, 0) is 6.18 Å². The summed E-state index contributed by atoms with van der Waals surface area (Å²) in [6.07, 6.45) is -4.53. The SMILES string of the molecule is CC1(C)C(CNc2cc(C(F)(F)F)nc(Cl)n2)C1(C)C. The molecule has 1 aliphatic carbocycles. The fourth-order valence-electron chi connectivity index (χ4n) is 2.70. The number of aromatic nitrogens is 2. The normalized spacial score (nSPS) is 20.8. The molecule has 1 N–H and O–H groups in total. The van der Waals surface area contributed by atoms with Crippen molar-refractivity contribution in [1.29, 1.82) is 0 Å². The molecule has 0 aliphatic heterocycles. The molecule has 0 bridgehead atoms. The second-order valence-corrected chi connectivity index (χ2v) is 6.62. The highest BCUT2D eigenvalue weighted by molar-refractivity contribution is 6.28. The van der Waals surface area contributed by atoms with Crippen molar-refractivity contribution in [2.75, 3.05) is 11.9 Å². The van der Waals surface area contributed by atoms with Crippen LogP contribution >= 0.6 is 11.6 Å². The number of nitrogens with zero attached hydrogens (tertiary/aromatic N) is 2. The van der Waals surface area contributed by atoms with E-state index in [1.165, 1.54) is 0 Å². The second-order valence-electron chi connectivity index (χ2n) is 6.28. The molecule has 1 fully saturated rings. The van der Waals surface area contributed by atoms with Gasteiger partial charge in [-0.05, 0) is 28.3 Å². The summed E-state index contributed by atoms with van der Waals surface area (Å²) in [5.74, 6) is 0.480. The summed E-state index contributed by atoms with van der Waals surface area (Å²) in [6.45, 7) is 9.15. The molecule has 0 amide bonds. The molecule has 7 heteroatoms. The second kappa shape index (κ2) is 4.48. The maximum Gasteiger partial charge on any atom is 0.433 e. The minimum Gasteiger partial charge on any atom is -0.370 e. The van der Waals surface area contributed by atoms with Crippen LogP contribution in [0.25, 0.3) is 0 Å². The van der Waals surface area contributed by atoms with Crippen LogP contribution in [0.4, 0.5) is 19.0 Å². The molecule has 3 nitrogen and oxygen atoms in total. The van der Waals surface area contributed by atoms with Crippen molar-refractivity contribution in [3.05, 3.63) is 17.0 Å². The van der Waals surface area contributed by atoms with Crippen molar-refractivity contribution in [1.82, 2.24) is 9.97 Å². The van der Waals surface area contributed by atoms with Gasteiger partial charge in [-0.25, -0.2) is 9.97 Å². The molecule has 1 saturated carbocycles. The highest BCUT2D eigenvalue weighted by atomic mass is 35.5. The molecule has 1 aromatic heterocycles. The van der Waals surface area contributed by atoms with Crippen molar-refractivity contribution >= 4 is 17.4 Å². The van der Waals surface area contributed by atoms with Crippen LogP contribution in [0.15, 0.2) is 6.07 Å². The van der Waals surface area contributed by atoms with E-state index in [0.29, 0.717) is 12.5 Å². The first-order valence-corrected chi connectivity index (χ1v) is 6.69. The monoisotopic (exact) mass is 307 g/mol. The number of alkyl halides is 3. The van der Waals surface area contributed by atoms with Crippen molar-refractivity contribution in [3.63, 3.8) is 0 Å². The Labute approximate surface area is 120 Å². The Morgan fingerprint density at radius 3 is 2.20 bits per heavy atom. The van der Waals surface area contributed by atoms with Gasteiger partial charge in [0, 0.05) is 12.6 Å². The van der Waals surface area contributed by atoms with E-state index in [2.05, 4.69) is 43.0 Å². The highest BCUT2D eigenvalue weighted by Gasteiger charge is 2.64. The quantitative estimate of drug-likeness (QED) is 0.849. The van der Waals surface area contributed by atoms with Gasteiger partial charge in [-0.15, -0.1) is 0 Å². The van der Waals surface area contributed by atoms with Gasteiger partial charge in [-0.3, -0.25) is 0 Å². The molecule has 0 saturated heterocycles. The van der Waals surface area contributed by atoms with E-state index >= 15 is 0 Å². The van der Waals surface area contributed by atoms with E-state index in [-0.39, 0.29) is 16.6 Å². The van der Waals surface area contributed by atoms with Crippen LogP contribution in [-0.4, -0.2) is 16.5 Å². The molecule has 0 radical (unpaired) electrons. The van der Waals surface area contributed by atoms with E-state index in [0.717, 1.165) is 6.07 Å². The lowest BCUT2D eigenvalue weighted by Crippen LogP contribution is -2.13. The largest absolute Gasteiger partial charge is 0.433 e. The molecular formula is C13H17ClF3N3. The van der Waals surface area contributed by atoms with Crippen LogP contribution in [0.1, 0.15) is 33.4 Å². The molecule has 0 aromatic carbocycles. The average Bonchev–Trinajstić information content (AvgIpc) is 2.65. The van der Waals surface area contributed by atoms with Gasteiger partial charge in [0.1, 0.15) is 5.82 Å². The zero-order valence-electron chi connectivity index (χ0n) is 11.8. The van der Waals surface area contributed by atoms with Gasteiger partial charge in [-0.1, -0.05) is 27.7 Å². The Hall–Kier alpha value is -1.04. The Morgan fingerprint density at radius 1 is 1.20 bits per heavy atom. The fraction of sp³-hybridized carbons (Fsp3) is 0.692. The number of rotatable bonds is 3. The van der Waals surface area contributed by atoms with Gasteiger partial charge >= 0.3 is 6.18 Å². The fourth-order valence-corrected chi connectivity index (χ4v) is 2.89. The molecule has 1 aromatic rings. The Bertz CT molecular complexity index is 512. The predicted molar refractivity (Wildman–Crippen MR) is 71.6 cm³/mol. The Morgan fingerprint density at radius 2 is 1.75 bits per heavy atom. The minimum atomic E-state index is -4.53. The van der Waals surface area contributed by atoms with Gasteiger partial charge in [0.25, 0.3) is 0 Å². The van der Waals surface area contributed by atoms with E-state index in [4.69, 9.17) is 11.6 Å². The lowest BCUT2D eigenvalue weighted by molar-refractivity contribution is -0.141. The van der Waals surface area contributed by atoms with E-state index in [9.17, 15) is 13.2 Å². The van der Waals surface area contributed by atoms with Crippen molar-refractivity contribution in [3.8, 4) is 0 Å². The molecule has 0 atom stereocenters. The summed E-state index contributed by atoms with van der Waals surface area (Å²) in [5.41, 5.74) is -0.720. The molecular weight excluding hydrogens is 291 g/mol. The highest BCUT2D eigenvalue weighted by Crippen LogP contribution is 2.68.